The van der Waals surface area contributed by atoms with Gasteiger partial charge in [0.2, 0.25) is 0 Å². The molecule has 1 aromatic heterocycles. The molecule has 0 amide bonds. The monoisotopic (exact) mass is 627 g/mol. The molecule has 2 heterocycles. The van der Waals surface area contributed by atoms with E-state index < -0.39 is 12.0 Å². The van der Waals surface area contributed by atoms with Crippen molar-refractivity contribution in [2.75, 3.05) is 6.61 Å². The number of hydrogen-bond acceptors (Lipinski definition) is 8. The summed E-state index contributed by atoms with van der Waals surface area (Å²) in [5, 5.41) is 9.93. The largest absolute Gasteiger partial charge is 0.491 e. The molecule has 5 rings (SSSR count). The van der Waals surface area contributed by atoms with Crippen LogP contribution in [0, 0.1) is 11.3 Å². The van der Waals surface area contributed by atoms with Gasteiger partial charge in [-0.15, -0.1) is 0 Å². The number of rotatable bonds is 9. The maximum Gasteiger partial charge on any atom is 0.338 e. The molecule has 3 aromatic carbocycles. The predicted molar refractivity (Wildman–Crippen MR) is 170 cm³/mol. The fourth-order valence-electron chi connectivity index (χ4n) is 4.97. The highest BCUT2D eigenvalue weighted by Crippen LogP contribution is 2.36. The first-order chi connectivity index (χ1) is 21.2. The average Bonchev–Trinajstić information content (AvgIpc) is 3.30. The van der Waals surface area contributed by atoms with Gasteiger partial charge in [-0.2, -0.15) is 5.26 Å². The summed E-state index contributed by atoms with van der Waals surface area (Å²) in [6.45, 7) is 7.63. The summed E-state index contributed by atoms with van der Waals surface area (Å²) < 4.78 is 19.5. The number of thiazole rings is 1. The number of nitrogens with zero attached hydrogens (tertiary/aromatic N) is 3. The fraction of sp³-hybridized carbons (Fsp3) is 0.235. The summed E-state index contributed by atoms with van der Waals surface area (Å²) in [6, 6.07) is 21.1. The first kappa shape index (κ1) is 30.8. The van der Waals surface area contributed by atoms with Crippen molar-refractivity contribution in [2.24, 2.45) is 4.99 Å². The topological polar surface area (TPSA) is 103 Å². The number of allylic oxidation sites excluding steroid dienone is 1. The van der Waals surface area contributed by atoms with Crippen molar-refractivity contribution in [3.8, 4) is 17.6 Å². The number of fused-ring (bicyclic) bond motifs is 1. The molecular weight excluding hydrogens is 598 g/mol. The molecule has 0 unspecified atom stereocenters. The van der Waals surface area contributed by atoms with Crippen molar-refractivity contribution in [1.82, 2.24) is 4.57 Å². The van der Waals surface area contributed by atoms with E-state index in [2.05, 4.69) is 11.1 Å². The highest BCUT2D eigenvalue weighted by molar-refractivity contribution is 7.07. The molecule has 0 N–H and O–H groups in total. The lowest BCUT2D eigenvalue weighted by atomic mass is 9.95. The number of para-hydroxylation sites is 1. The second-order valence-electron chi connectivity index (χ2n) is 10.2. The standard InChI is InChI=1S/C34H30ClN3O5S/c1-5-41-33(40)30-21(4)37-34-38(31(30)26-12-8-9-13-28(26)43-20(2)3)32(39)29(44-34)17-24-16-25(35)14-15-27(24)42-19-23-11-7-6-10-22(23)18-36/h6-17,20,31H,5,19H2,1-4H3/b29-17-/t31-/m0/s1. The smallest absolute Gasteiger partial charge is 0.338 e. The van der Waals surface area contributed by atoms with E-state index in [1.54, 1.807) is 50.3 Å². The van der Waals surface area contributed by atoms with E-state index in [9.17, 15) is 14.9 Å². The molecule has 0 radical (unpaired) electrons. The van der Waals surface area contributed by atoms with E-state index in [-0.39, 0.29) is 30.5 Å². The molecule has 0 aliphatic carbocycles. The molecular formula is C34H30ClN3O5S. The zero-order valence-electron chi connectivity index (χ0n) is 24.7. The van der Waals surface area contributed by atoms with E-state index in [0.717, 1.165) is 5.56 Å². The Labute approximate surface area is 263 Å². The molecule has 8 nitrogen and oxygen atoms in total. The number of hydrogen-bond donors (Lipinski definition) is 0. The van der Waals surface area contributed by atoms with Gasteiger partial charge in [0, 0.05) is 21.7 Å². The third-order valence-electron chi connectivity index (χ3n) is 6.87. The summed E-state index contributed by atoms with van der Waals surface area (Å²) in [5.74, 6) is 0.501. The maximum atomic E-state index is 14.2. The Balaban J connectivity index is 1.65. The van der Waals surface area contributed by atoms with Crippen LogP contribution in [0.3, 0.4) is 0 Å². The van der Waals surface area contributed by atoms with Crippen molar-refractivity contribution < 1.29 is 19.0 Å². The Morgan fingerprint density at radius 3 is 2.64 bits per heavy atom. The van der Waals surface area contributed by atoms with Gasteiger partial charge in [-0.3, -0.25) is 9.36 Å². The Morgan fingerprint density at radius 1 is 1.14 bits per heavy atom. The molecule has 0 bridgehead atoms. The fourth-order valence-corrected chi connectivity index (χ4v) is 6.19. The van der Waals surface area contributed by atoms with Crippen LogP contribution in [0.15, 0.2) is 87.8 Å². The molecule has 1 aliphatic heterocycles. The second kappa shape index (κ2) is 13.3. The van der Waals surface area contributed by atoms with E-state index in [1.165, 1.54) is 15.9 Å². The minimum Gasteiger partial charge on any atom is -0.491 e. The lowest BCUT2D eigenvalue weighted by Crippen LogP contribution is -2.40. The van der Waals surface area contributed by atoms with Crippen molar-refractivity contribution >= 4 is 35.0 Å². The van der Waals surface area contributed by atoms with E-state index in [4.69, 9.17) is 25.8 Å². The average molecular weight is 628 g/mol. The van der Waals surface area contributed by atoms with Crippen LogP contribution < -0.4 is 24.4 Å². The molecule has 1 atom stereocenters. The van der Waals surface area contributed by atoms with Crippen LogP contribution in [-0.2, 0) is 16.1 Å². The van der Waals surface area contributed by atoms with Crippen molar-refractivity contribution in [3.05, 3.63) is 125 Å². The number of benzene rings is 3. The molecule has 1 aliphatic rings. The summed E-state index contributed by atoms with van der Waals surface area (Å²) in [6.07, 6.45) is 1.57. The van der Waals surface area contributed by atoms with Gasteiger partial charge < -0.3 is 14.2 Å². The van der Waals surface area contributed by atoms with Crippen LogP contribution in [0.5, 0.6) is 11.5 Å². The quantitative estimate of drug-likeness (QED) is 0.221. The van der Waals surface area contributed by atoms with Gasteiger partial charge in [0.25, 0.3) is 5.56 Å². The number of nitriles is 1. The molecule has 0 spiro atoms. The number of esters is 1. The number of carbonyl (C=O) groups is 1. The molecule has 0 saturated heterocycles. The third kappa shape index (κ3) is 6.32. The Hall–Kier alpha value is -4.65. The van der Waals surface area contributed by atoms with Gasteiger partial charge in [-0.25, -0.2) is 9.79 Å². The minimum absolute atomic E-state index is 0.135. The van der Waals surface area contributed by atoms with E-state index in [0.29, 0.717) is 48.2 Å². The Kier molecular flexibility index (Phi) is 9.33. The molecule has 10 heteroatoms. The van der Waals surface area contributed by atoms with E-state index >= 15 is 0 Å². The SMILES string of the molecule is CCOC(=O)C1=C(C)N=c2s/c(=C\c3cc(Cl)ccc3OCc3ccccc3C#N)c(=O)n2[C@H]1c1ccccc1OC(C)C. The lowest BCUT2D eigenvalue weighted by molar-refractivity contribution is -0.139. The van der Waals surface area contributed by atoms with Crippen molar-refractivity contribution in [2.45, 2.75) is 46.4 Å². The maximum absolute atomic E-state index is 14.2. The summed E-state index contributed by atoms with van der Waals surface area (Å²) in [5.41, 5.74) is 2.88. The Bertz CT molecular complexity index is 1990. The summed E-state index contributed by atoms with van der Waals surface area (Å²) in [4.78, 5) is 32.6. The Morgan fingerprint density at radius 2 is 1.89 bits per heavy atom. The zero-order chi connectivity index (χ0) is 31.4. The first-order valence-corrected chi connectivity index (χ1v) is 15.3. The van der Waals surface area contributed by atoms with Crippen molar-refractivity contribution in [1.29, 1.82) is 5.26 Å². The van der Waals surface area contributed by atoms with Crippen LogP contribution in [0.25, 0.3) is 6.08 Å². The van der Waals surface area contributed by atoms with Crippen LogP contribution in [-0.4, -0.2) is 23.2 Å². The van der Waals surface area contributed by atoms with Gasteiger partial charge in [0.1, 0.15) is 24.1 Å². The van der Waals surface area contributed by atoms with Gasteiger partial charge in [0.15, 0.2) is 4.80 Å². The highest BCUT2D eigenvalue weighted by atomic mass is 35.5. The van der Waals surface area contributed by atoms with Crippen LogP contribution >= 0.6 is 22.9 Å². The number of ether oxygens (including phenoxy) is 3. The van der Waals surface area contributed by atoms with Crippen LogP contribution in [0.4, 0.5) is 0 Å². The zero-order valence-corrected chi connectivity index (χ0v) is 26.2. The number of carbonyl (C=O) groups excluding carboxylic acids is 1. The van der Waals surface area contributed by atoms with Gasteiger partial charge >= 0.3 is 5.97 Å². The predicted octanol–water partition coefficient (Wildman–Crippen LogP) is 5.69. The summed E-state index contributed by atoms with van der Waals surface area (Å²) in [7, 11) is 0. The minimum atomic E-state index is -0.819. The van der Waals surface area contributed by atoms with E-state index in [1.807, 2.05) is 50.2 Å². The van der Waals surface area contributed by atoms with Gasteiger partial charge in [-0.1, -0.05) is 59.3 Å². The molecule has 0 saturated carbocycles. The van der Waals surface area contributed by atoms with Crippen LogP contribution in [0.2, 0.25) is 5.02 Å². The summed E-state index contributed by atoms with van der Waals surface area (Å²) >= 11 is 7.56. The molecule has 44 heavy (non-hydrogen) atoms. The van der Waals surface area contributed by atoms with Crippen LogP contribution in [0.1, 0.15) is 56.0 Å². The lowest BCUT2D eigenvalue weighted by Gasteiger charge is -2.26. The van der Waals surface area contributed by atoms with Gasteiger partial charge in [-0.05, 0) is 64.1 Å². The normalized spacial score (nSPS) is 14.6. The number of aromatic nitrogens is 1. The molecule has 4 aromatic rings. The van der Waals surface area contributed by atoms with Crippen molar-refractivity contribution in [3.63, 3.8) is 0 Å². The van der Waals surface area contributed by atoms with Gasteiger partial charge in [0.05, 0.1) is 40.1 Å². The second-order valence-corrected chi connectivity index (χ2v) is 11.7. The molecule has 224 valence electrons. The highest BCUT2D eigenvalue weighted by Gasteiger charge is 2.35. The number of halogens is 1. The third-order valence-corrected chi connectivity index (χ3v) is 8.09. The molecule has 0 fully saturated rings. The first-order valence-electron chi connectivity index (χ1n) is 14.1.